The number of methoxy groups -OCH3 is 1. The Labute approximate surface area is 314 Å². The predicted octanol–water partition coefficient (Wildman–Crippen LogP) is 10.5. The number of nitrogens with zero attached hydrogens (tertiary/aromatic N) is 1. The fraction of sp³-hybridized carbons (Fsp3) is 0.558. The highest BCUT2D eigenvalue weighted by Crippen LogP contribution is 2.44. The fourth-order valence-electron chi connectivity index (χ4n) is 6.76. The van der Waals surface area contributed by atoms with Gasteiger partial charge in [-0.2, -0.15) is 0 Å². The number of halogens is 1. The molecule has 0 spiro atoms. The summed E-state index contributed by atoms with van der Waals surface area (Å²) in [6, 6.07) is 17.1. The highest BCUT2D eigenvalue weighted by atomic mass is 32.1. The SMILES string of the molecule is CCCCOC[C@H]1O[C@@H](c2cc(Cc3ncc(-c4ccc(F)cc4)s3)c(OC)c3ccccc23)[C@H](OCCCC)[C@@H](OCCCC)[C@@H]1OCCCC. The molecule has 2 heterocycles. The lowest BCUT2D eigenvalue weighted by atomic mass is 9.86. The maximum atomic E-state index is 13.7. The summed E-state index contributed by atoms with van der Waals surface area (Å²) >= 11 is 1.60. The summed E-state index contributed by atoms with van der Waals surface area (Å²) in [7, 11) is 1.73. The van der Waals surface area contributed by atoms with E-state index in [0.29, 0.717) is 39.5 Å². The minimum absolute atomic E-state index is 0.254. The molecule has 0 amide bonds. The maximum absolute atomic E-state index is 13.7. The maximum Gasteiger partial charge on any atom is 0.130 e. The number of hydrogen-bond acceptors (Lipinski definition) is 8. The van der Waals surface area contributed by atoms with Crippen LogP contribution in [0.3, 0.4) is 0 Å². The molecule has 284 valence electrons. The van der Waals surface area contributed by atoms with Gasteiger partial charge in [-0.05, 0) is 60.4 Å². The quantitative estimate of drug-likeness (QED) is 0.0745. The molecule has 1 fully saturated rings. The molecule has 5 rings (SSSR count). The minimum Gasteiger partial charge on any atom is -0.496 e. The molecule has 3 aromatic carbocycles. The van der Waals surface area contributed by atoms with Crippen molar-refractivity contribution in [2.24, 2.45) is 0 Å². The van der Waals surface area contributed by atoms with Crippen molar-refractivity contribution in [1.82, 2.24) is 4.98 Å². The second-order valence-electron chi connectivity index (χ2n) is 13.6. The monoisotopic (exact) mass is 735 g/mol. The smallest absolute Gasteiger partial charge is 0.130 e. The molecule has 0 radical (unpaired) electrons. The van der Waals surface area contributed by atoms with E-state index in [2.05, 4.69) is 52.0 Å². The number of thiazole rings is 1. The van der Waals surface area contributed by atoms with Crippen LogP contribution in [0.25, 0.3) is 21.2 Å². The van der Waals surface area contributed by atoms with Gasteiger partial charge in [-0.3, -0.25) is 0 Å². The van der Waals surface area contributed by atoms with E-state index in [4.69, 9.17) is 33.4 Å². The molecule has 1 aromatic heterocycles. The van der Waals surface area contributed by atoms with Crippen molar-refractivity contribution >= 4 is 22.1 Å². The van der Waals surface area contributed by atoms with Crippen LogP contribution in [0.4, 0.5) is 4.39 Å². The first-order chi connectivity index (χ1) is 25.5. The Kier molecular flexibility index (Phi) is 16.3. The van der Waals surface area contributed by atoms with Gasteiger partial charge in [0.05, 0.1) is 23.6 Å². The molecule has 1 aliphatic rings. The van der Waals surface area contributed by atoms with Crippen molar-refractivity contribution in [3.05, 3.63) is 82.7 Å². The van der Waals surface area contributed by atoms with Gasteiger partial charge in [0.25, 0.3) is 0 Å². The van der Waals surface area contributed by atoms with Gasteiger partial charge in [0.2, 0.25) is 0 Å². The minimum atomic E-state index is -0.449. The summed E-state index contributed by atoms with van der Waals surface area (Å²) in [6.45, 7) is 11.6. The van der Waals surface area contributed by atoms with Gasteiger partial charge in [-0.25, -0.2) is 9.37 Å². The van der Waals surface area contributed by atoms with E-state index < -0.39 is 12.2 Å². The lowest BCUT2D eigenvalue weighted by Crippen LogP contribution is -2.58. The fourth-order valence-corrected chi connectivity index (χ4v) is 7.70. The summed E-state index contributed by atoms with van der Waals surface area (Å²) in [5.41, 5.74) is 2.97. The molecular weight excluding hydrogens is 678 g/mol. The number of ether oxygens (including phenoxy) is 6. The van der Waals surface area contributed by atoms with E-state index in [1.807, 2.05) is 12.3 Å². The lowest BCUT2D eigenvalue weighted by Gasteiger charge is -2.47. The van der Waals surface area contributed by atoms with Gasteiger partial charge in [0.15, 0.2) is 0 Å². The average molecular weight is 736 g/mol. The van der Waals surface area contributed by atoms with Crippen molar-refractivity contribution in [2.75, 3.05) is 40.1 Å². The highest BCUT2D eigenvalue weighted by molar-refractivity contribution is 7.15. The summed E-state index contributed by atoms with van der Waals surface area (Å²) in [4.78, 5) is 5.78. The molecule has 0 bridgehead atoms. The molecular formula is C43H58FNO6S. The Morgan fingerprint density at radius 3 is 2.02 bits per heavy atom. The van der Waals surface area contributed by atoms with Crippen LogP contribution < -0.4 is 4.74 Å². The van der Waals surface area contributed by atoms with Gasteiger partial charge in [0.1, 0.15) is 42.1 Å². The van der Waals surface area contributed by atoms with E-state index in [1.54, 1.807) is 30.6 Å². The van der Waals surface area contributed by atoms with Gasteiger partial charge in [-0.1, -0.05) is 89.8 Å². The Morgan fingerprint density at radius 2 is 1.37 bits per heavy atom. The number of benzene rings is 3. The Hall–Kier alpha value is -2.92. The van der Waals surface area contributed by atoms with Crippen molar-refractivity contribution in [1.29, 1.82) is 0 Å². The van der Waals surface area contributed by atoms with Crippen LogP contribution in [0.5, 0.6) is 5.75 Å². The lowest BCUT2D eigenvalue weighted by molar-refractivity contribution is -0.268. The zero-order chi connectivity index (χ0) is 36.7. The number of hydrogen-bond donors (Lipinski definition) is 0. The normalized spacial score (nSPS) is 20.5. The Morgan fingerprint density at radius 1 is 0.750 bits per heavy atom. The predicted molar refractivity (Wildman–Crippen MR) is 208 cm³/mol. The molecule has 1 aliphatic heterocycles. The average Bonchev–Trinajstić information content (AvgIpc) is 3.63. The molecule has 0 saturated carbocycles. The van der Waals surface area contributed by atoms with Crippen LogP contribution in [0.15, 0.2) is 60.8 Å². The highest BCUT2D eigenvalue weighted by Gasteiger charge is 2.49. The molecule has 4 aromatic rings. The number of fused-ring (bicyclic) bond motifs is 1. The Balaban J connectivity index is 1.59. The van der Waals surface area contributed by atoms with Gasteiger partial charge < -0.3 is 28.4 Å². The second kappa shape index (κ2) is 21.1. The third kappa shape index (κ3) is 10.4. The number of aromatic nitrogens is 1. The summed E-state index contributed by atoms with van der Waals surface area (Å²) in [5, 5.41) is 2.99. The van der Waals surface area contributed by atoms with Crippen LogP contribution in [-0.4, -0.2) is 69.5 Å². The molecule has 52 heavy (non-hydrogen) atoms. The first-order valence-corrected chi connectivity index (χ1v) is 20.2. The van der Waals surface area contributed by atoms with Crippen molar-refractivity contribution in [3.8, 4) is 16.2 Å². The van der Waals surface area contributed by atoms with Crippen LogP contribution in [0.2, 0.25) is 0 Å². The van der Waals surface area contributed by atoms with E-state index in [9.17, 15) is 4.39 Å². The zero-order valence-corrected chi connectivity index (χ0v) is 32.6. The van der Waals surface area contributed by atoms with E-state index in [1.165, 1.54) is 12.1 Å². The first-order valence-electron chi connectivity index (χ1n) is 19.4. The molecule has 7 nitrogen and oxygen atoms in total. The van der Waals surface area contributed by atoms with Gasteiger partial charge in [-0.15, -0.1) is 11.3 Å². The van der Waals surface area contributed by atoms with E-state index in [0.717, 1.165) is 94.5 Å². The Bertz CT molecular complexity index is 1630. The van der Waals surface area contributed by atoms with Gasteiger partial charge >= 0.3 is 0 Å². The van der Waals surface area contributed by atoms with E-state index in [-0.39, 0.29) is 24.1 Å². The van der Waals surface area contributed by atoms with Crippen LogP contribution in [0.1, 0.15) is 101 Å². The molecule has 1 saturated heterocycles. The largest absolute Gasteiger partial charge is 0.496 e. The summed E-state index contributed by atoms with van der Waals surface area (Å²) < 4.78 is 53.6. The van der Waals surface area contributed by atoms with E-state index >= 15 is 0 Å². The third-order valence-corrected chi connectivity index (χ3v) is 10.7. The molecule has 9 heteroatoms. The zero-order valence-electron chi connectivity index (χ0n) is 31.7. The molecule has 5 atom stereocenters. The van der Waals surface area contributed by atoms with Crippen LogP contribution in [-0.2, 0) is 30.1 Å². The summed E-state index contributed by atoms with van der Waals surface area (Å²) in [6.07, 6.45) is 8.52. The summed E-state index contributed by atoms with van der Waals surface area (Å²) in [5.74, 6) is 0.559. The first kappa shape index (κ1) is 40.3. The molecule has 0 unspecified atom stereocenters. The number of rotatable bonds is 22. The molecule has 0 aliphatic carbocycles. The molecule has 0 N–H and O–H groups in total. The third-order valence-electron chi connectivity index (χ3n) is 9.62. The standard InChI is InChI=1S/C43H58FNO6S/c1-6-10-22-47-29-36-41(48-23-11-7-2)43(50-25-13-9-4)42(49-24-12-8-3)40(51-36)35-26-31(39(46-5)34-17-15-14-16-33(34)35)27-38-45-28-37(52-38)30-18-20-32(44)21-19-30/h14-21,26,28,36,40-43H,6-13,22-25,27,29H2,1-5H3/t36-,40+,41-,42+,43+/m1/s1. The van der Waals surface area contributed by atoms with Crippen molar-refractivity contribution in [2.45, 2.75) is 116 Å². The van der Waals surface area contributed by atoms with Crippen LogP contribution in [0, 0.1) is 5.82 Å². The second-order valence-corrected chi connectivity index (χ2v) is 14.7. The van der Waals surface area contributed by atoms with Gasteiger partial charge in [0, 0.05) is 50.0 Å². The van der Waals surface area contributed by atoms with Crippen molar-refractivity contribution < 1.29 is 32.8 Å². The van der Waals surface area contributed by atoms with Crippen molar-refractivity contribution in [3.63, 3.8) is 0 Å². The van der Waals surface area contributed by atoms with Crippen LogP contribution >= 0.6 is 11.3 Å². The topological polar surface area (TPSA) is 68.3 Å². The number of unbranched alkanes of at least 4 members (excludes halogenated alkanes) is 4.